The van der Waals surface area contributed by atoms with Crippen LogP contribution in [0, 0.1) is 0 Å². The normalized spacial score (nSPS) is 13.0. The van der Waals surface area contributed by atoms with Crippen molar-refractivity contribution in [1.29, 1.82) is 0 Å². The zero-order valence-corrected chi connectivity index (χ0v) is 19.6. The van der Waals surface area contributed by atoms with Gasteiger partial charge in [0, 0.05) is 32.2 Å². The van der Waals surface area contributed by atoms with Crippen LogP contribution in [0.2, 0.25) is 0 Å². The third-order valence-electron chi connectivity index (χ3n) is 6.18. The molecule has 0 spiro atoms. The zero-order valence-electron chi connectivity index (χ0n) is 19.6. The van der Waals surface area contributed by atoms with Gasteiger partial charge < -0.3 is 10.4 Å². The number of aliphatic hydroxyl groups excluding tert-OH is 1. The molecule has 0 fully saturated rings. The van der Waals surface area contributed by atoms with Crippen molar-refractivity contribution in [1.82, 2.24) is 10.2 Å². The quantitative estimate of drug-likeness (QED) is 0.301. The summed E-state index contributed by atoms with van der Waals surface area (Å²) >= 11 is 0. The van der Waals surface area contributed by atoms with Gasteiger partial charge >= 0.3 is 0 Å². The summed E-state index contributed by atoms with van der Waals surface area (Å²) in [4.78, 5) is 2.42. The zero-order chi connectivity index (χ0) is 23.4. The summed E-state index contributed by atoms with van der Waals surface area (Å²) in [6.45, 7) is 2.84. The van der Waals surface area contributed by atoms with Gasteiger partial charge in [-0.3, -0.25) is 4.90 Å². The van der Waals surface area contributed by atoms with Crippen LogP contribution in [0.1, 0.15) is 22.3 Å². The van der Waals surface area contributed by atoms with Crippen LogP contribution < -0.4 is 5.32 Å². The molecule has 0 aliphatic rings. The van der Waals surface area contributed by atoms with Crippen molar-refractivity contribution in [2.45, 2.75) is 38.2 Å². The highest BCUT2D eigenvalue weighted by Crippen LogP contribution is 2.19. The van der Waals surface area contributed by atoms with Crippen molar-refractivity contribution >= 4 is 0 Å². The average Bonchev–Trinajstić information content (AvgIpc) is 2.89. The predicted molar refractivity (Wildman–Crippen MR) is 140 cm³/mol. The largest absolute Gasteiger partial charge is 0.390 e. The summed E-state index contributed by atoms with van der Waals surface area (Å²) in [5.74, 6) is 0. The minimum absolute atomic E-state index is 0.0360. The minimum Gasteiger partial charge on any atom is -0.390 e. The second-order valence-corrected chi connectivity index (χ2v) is 8.82. The van der Waals surface area contributed by atoms with Crippen molar-refractivity contribution < 1.29 is 5.11 Å². The van der Waals surface area contributed by atoms with Crippen molar-refractivity contribution in [3.8, 4) is 0 Å². The molecule has 0 heterocycles. The van der Waals surface area contributed by atoms with Gasteiger partial charge in [0.2, 0.25) is 0 Å². The fraction of sp³-hybridized carbons (Fsp3) is 0.226. The predicted octanol–water partition coefficient (Wildman–Crippen LogP) is 5.45. The Morgan fingerprint density at radius 3 is 1.44 bits per heavy atom. The Bertz CT molecular complexity index is 1030. The first-order chi connectivity index (χ1) is 16.8. The lowest BCUT2D eigenvalue weighted by atomic mass is 9.97. The summed E-state index contributed by atoms with van der Waals surface area (Å²) < 4.78 is 0. The monoisotopic (exact) mass is 450 g/mol. The fourth-order valence-corrected chi connectivity index (χ4v) is 4.39. The van der Waals surface area contributed by atoms with Crippen molar-refractivity contribution in [2.24, 2.45) is 0 Å². The summed E-state index contributed by atoms with van der Waals surface area (Å²) in [7, 11) is 0. The summed E-state index contributed by atoms with van der Waals surface area (Å²) in [6.07, 6.45) is 0.269. The second-order valence-electron chi connectivity index (χ2n) is 8.82. The first-order valence-electron chi connectivity index (χ1n) is 12.1. The first kappa shape index (κ1) is 23.9. The molecule has 0 aromatic heterocycles. The van der Waals surface area contributed by atoms with E-state index in [0.717, 1.165) is 26.1 Å². The molecular weight excluding hydrogens is 416 g/mol. The molecule has 3 heteroatoms. The van der Waals surface area contributed by atoms with Crippen LogP contribution in [0.4, 0.5) is 0 Å². The molecule has 2 N–H and O–H groups in total. The topological polar surface area (TPSA) is 35.5 Å². The van der Waals surface area contributed by atoms with Crippen LogP contribution >= 0.6 is 0 Å². The van der Waals surface area contributed by atoms with E-state index in [4.69, 9.17) is 0 Å². The van der Waals surface area contributed by atoms with E-state index in [1.54, 1.807) is 0 Å². The molecule has 0 saturated heterocycles. The maximum absolute atomic E-state index is 11.5. The molecular formula is C31H34N2O. The average molecular weight is 451 g/mol. The van der Waals surface area contributed by atoms with E-state index in [-0.39, 0.29) is 6.04 Å². The second kappa shape index (κ2) is 12.9. The maximum Gasteiger partial charge on any atom is 0.0823 e. The molecule has 3 nitrogen and oxygen atoms in total. The van der Waals surface area contributed by atoms with Crippen LogP contribution in [0.5, 0.6) is 0 Å². The summed E-state index contributed by atoms with van der Waals surface area (Å²) in [5, 5.41) is 14.9. The Labute approximate surface area is 203 Å². The number of benzene rings is 4. The standard InChI is InChI=1S/C31H34N2O/c34-31(23-32-22-27-15-7-2-8-16-27)30(21-26-13-5-1-6-14-26)33(24-28-17-9-3-10-18-28)25-29-19-11-4-12-20-29/h1-20,30-32,34H,21-25H2/t30-,31-/m0/s1. The van der Waals surface area contributed by atoms with Gasteiger partial charge in [-0.25, -0.2) is 0 Å². The van der Waals surface area contributed by atoms with Gasteiger partial charge in [0.1, 0.15) is 0 Å². The highest BCUT2D eigenvalue weighted by molar-refractivity contribution is 5.20. The number of hydrogen-bond donors (Lipinski definition) is 2. The van der Waals surface area contributed by atoms with Crippen LogP contribution in [-0.4, -0.2) is 28.7 Å². The van der Waals surface area contributed by atoms with Crippen LogP contribution in [-0.2, 0) is 26.1 Å². The molecule has 2 atom stereocenters. The molecule has 4 aromatic carbocycles. The highest BCUT2D eigenvalue weighted by atomic mass is 16.3. The fourth-order valence-electron chi connectivity index (χ4n) is 4.39. The van der Waals surface area contributed by atoms with E-state index in [1.807, 2.05) is 24.3 Å². The van der Waals surface area contributed by atoms with E-state index in [2.05, 4.69) is 107 Å². The molecule has 0 saturated carbocycles. The molecule has 0 aliphatic carbocycles. The lowest BCUT2D eigenvalue weighted by molar-refractivity contribution is 0.0392. The van der Waals surface area contributed by atoms with Gasteiger partial charge in [-0.2, -0.15) is 0 Å². The van der Waals surface area contributed by atoms with Gasteiger partial charge in [0.15, 0.2) is 0 Å². The Morgan fingerprint density at radius 2 is 0.971 bits per heavy atom. The van der Waals surface area contributed by atoms with Gasteiger partial charge in [-0.05, 0) is 28.7 Å². The molecule has 4 rings (SSSR count). The van der Waals surface area contributed by atoms with Crippen LogP contribution in [0.25, 0.3) is 0 Å². The lowest BCUT2D eigenvalue weighted by Crippen LogP contribution is -2.48. The molecule has 0 amide bonds. The van der Waals surface area contributed by atoms with Gasteiger partial charge in [0.25, 0.3) is 0 Å². The van der Waals surface area contributed by atoms with Crippen molar-refractivity contribution in [3.05, 3.63) is 144 Å². The van der Waals surface area contributed by atoms with E-state index in [9.17, 15) is 5.11 Å². The Morgan fingerprint density at radius 1 is 0.559 bits per heavy atom. The van der Waals surface area contributed by atoms with Gasteiger partial charge in [-0.15, -0.1) is 0 Å². The van der Waals surface area contributed by atoms with Gasteiger partial charge in [0.05, 0.1) is 6.10 Å². The van der Waals surface area contributed by atoms with Crippen molar-refractivity contribution in [3.63, 3.8) is 0 Å². The van der Waals surface area contributed by atoms with E-state index in [0.29, 0.717) is 6.54 Å². The van der Waals surface area contributed by atoms with Crippen molar-refractivity contribution in [2.75, 3.05) is 6.54 Å². The molecule has 0 aliphatic heterocycles. The summed E-state index contributed by atoms with van der Waals surface area (Å²) in [6, 6.07) is 41.9. The smallest absolute Gasteiger partial charge is 0.0823 e. The van der Waals surface area contributed by atoms with E-state index < -0.39 is 6.10 Å². The number of hydrogen-bond acceptors (Lipinski definition) is 3. The first-order valence-corrected chi connectivity index (χ1v) is 12.1. The minimum atomic E-state index is -0.517. The highest BCUT2D eigenvalue weighted by Gasteiger charge is 2.27. The van der Waals surface area contributed by atoms with E-state index in [1.165, 1.54) is 22.3 Å². The van der Waals surface area contributed by atoms with Crippen LogP contribution in [0.15, 0.2) is 121 Å². The Balaban J connectivity index is 1.55. The van der Waals surface area contributed by atoms with E-state index >= 15 is 0 Å². The van der Waals surface area contributed by atoms with Gasteiger partial charge in [-0.1, -0.05) is 121 Å². The number of rotatable bonds is 12. The Hall–Kier alpha value is -3.24. The number of nitrogens with zero attached hydrogens (tertiary/aromatic N) is 1. The molecule has 0 unspecified atom stereocenters. The molecule has 34 heavy (non-hydrogen) atoms. The maximum atomic E-state index is 11.5. The SMILES string of the molecule is O[C@@H](CNCc1ccccc1)[C@H](Cc1ccccc1)N(Cc1ccccc1)Cc1ccccc1. The lowest BCUT2D eigenvalue weighted by Gasteiger charge is -2.35. The molecule has 0 bridgehead atoms. The van der Waals surface area contributed by atoms with Crippen LogP contribution in [0.3, 0.4) is 0 Å². The Kier molecular flexibility index (Phi) is 9.04. The number of aliphatic hydroxyl groups is 1. The summed E-state index contributed by atoms with van der Waals surface area (Å²) in [5.41, 5.74) is 4.96. The number of nitrogens with one attached hydrogen (secondary N) is 1. The third kappa shape index (κ3) is 7.39. The molecule has 0 radical (unpaired) electrons. The third-order valence-corrected chi connectivity index (χ3v) is 6.18. The molecule has 4 aromatic rings. The molecule has 174 valence electrons.